The van der Waals surface area contributed by atoms with Gasteiger partial charge in [0, 0.05) is 35.9 Å². The molecule has 0 saturated carbocycles. The molecule has 0 saturated heterocycles. The van der Waals surface area contributed by atoms with E-state index in [2.05, 4.69) is 23.5 Å². The van der Waals surface area contributed by atoms with E-state index in [9.17, 15) is 4.79 Å². The zero-order valence-corrected chi connectivity index (χ0v) is 16.8. The maximum absolute atomic E-state index is 13.2. The van der Waals surface area contributed by atoms with Crippen LogP contribution in [-0.2, 0) is 13.0 Å². The van der Waals surface area contributed by atoms with Gasteiger partial charge in [0.25, 0.3) is 5.91 Å². The summed E-state index contributed by atoms with van der Waals surface area (Å²) in [5, 5.41) is 12.5. The number of aliphatic hydroxyl groups excluding tert-OH is 1. The van der Waals surface area contributed by atoms with Gasteiger partial charge in [-0.15, -0.1) is 0 Å². The van der Waals surface area contributed by atoms with Crippen molar-refractivity contribution in [2.24, 2.45) is 0 Å². The molecule has 2 N–H and O–H groups in total. The second-order valence-electron chi connectivity index (χ2n) is 7.08. The molecule has 0 unspecified atom stereocenters. The fourth-order valence-electron chi connectivity index (χ4n) is 3.82. The molecule has 4 nitrogen and oxygen atoms in total. The third-order valence-corrected chi connectivity index (χ3v) is 5.61. The molecular formula is C24H23ClN2O2. The fourth-order valence-corrected chi connectivity index (χ4v) is 4.06. The summed E-state index contributed by atoms with van der Waals surface area (Å²) < 4.78 is 0. The average Bonchev–Trinajstić information content (AvgIpc) is 3.19. The van der Waals surface area contributed by atoms with E-state index < -0.39 is 0 Å². The summed E-state index contributed by atoms with van der Waals surface area (Å²) in [5.74, 6) is -0.0364. The summed E-state index contributed by atoms with van der Waals surface area (Å²) >= 11 is 6.39. The van der Waals surface area contributed by atoms with E-state index in [1.54, 1.807) is 6.07 Å². The van der Waals surface area contributed by atoms with Crippen molar-refractivity contribution in [2.75, 3.05) is 24.6 Å². The molecule has 3 aromatic carbocycles. The van der Waals surface area contributed by atoms with E-state index in [0.29, 0.717) is 30.2 Å². The molecule has 1 amide bonds. The fraction of sp³-hybridized carbons (Fsp3) is 0.208. The molecule has 148 valence electrons. The molecule has 0 aliphatic carbocycles. The molecule has 0 atom stereocenters. The highest BCUT2D eigenvalue weighted by molar-refractivity contribution is 6.31. The number of amides is 1. The SMILES string of the molecule is O=C(c1ccc(CNCCO)c(Cl)c1)N1CCc2c(-c3ccccc3)cccc21. The molecule has 0 aromatic heterocycles. The Morgan fingerprint density at radius 3 is 2.66 bits per heavy atom. The summed E-state index contributed by atoms with van der Waals surface area (Å²) in [6.07, 6.45) is 0.836. The topological polar surface area (TPSA) is 52.6 Å². The van der Waals surface area contributed by atoms with Crippen molar-refractivity contribution in [1.29, 1.82) is 0 Å². The van der Waals surface area contributed by atoms with E-state index in [4.69, 9.17) is 16.7 Å². The predicted octanol–water partition coefficient (Wildman–Crippen LogP) is 4.29. The lowest BCUT2D eigenvalue weighted by Gasteiger charge is -2.19. The van der Waals surface area contributed by atoms with E-state index >= 15 is 0 Å². The van der Waals surface area contributed by atoms with Gasteiger partial charge in [-0.1, -0.05) is 60.1 Å². The molecule has 0 fully saturated rings. The molecule has 0 bridgehead atoms. The number of aliphatic hydroxyl groups is 1. The van der Waals surface area contributed by atoms with E-state index in [1.807, 2.05) is 47.4 Å². The van der Waals surface area contributed by atoms with Crippen LogP contribution in [0.25, 0.3) is 11.1 Å². The van der Waals surface area contributed by atoms with Crippen molar-refractivity contribution >= 4 is 23.2 Å². The Morgan fingerprint density at radius 2 is 1.90 bits per heavy atom. The van der Waals surface area contributed by atoms with Crippen LogP contribution in [0.1, 0.15) is 21.5 Å². The molecule has 0 spiro atoms. The smallest absolute Gasteiger partial charge is 0.258 e. The number of carbonyl (C=O) groups is 1. The Morgan fingerprint density at radius 1 is 1.07 bits per heavy atom. The van der Waals surface area contributed by atoms with Crippen LogP contribution >= 0.6 is 11.6 Å². The Hall–Kier alpha value is -2.66. The van der Waals surface area contributed by atoms with Gasteiger partial charge in [-0.25, -0.2) is 0 Å². The number of nitrogens with zero attached hydrogens (tertiary/aromatic N) is 1. The number of nitrogens with one attached hydrogen (secondary N) is 1. The van der Waals surface area contributed by atoms with Gasteiger partial charge in [0.05, 0.1) is 6.61 Å². The van der Waals surface area contributed by atoms with Gasteiger partial charge in [0.15, 0.2) is 0 Å². The zero-order chi connectivity index (χ0) is 20.2. The maximum Gasteiger partial charge on any atom is 0.258 e. The van der Waals surface area contributed by atoms with Gasteiger partial charge < -0.3 is 15.3 Å². The van der Waals surface area contributed by atoms with Crippen LogP contribution in [0.2, 0.25) is 5.02 Å². The number of fused-ring (bicyclic) bond motifs is 1. The van der Waals surface area contributed by atoms with Gasteiger partial charge in [0.1, 0.15) is 0 Å². The first-order valence-corrected chi connectivity index (χ1v) is 10.2. The van der Waals surface area contributed by atoms with Crippen molar-refractivity contribution < 1.29 is 9.90 Å². The van der Waals surface area contributed by atoms with Crippen LogP contribution in [-0.4, -0.2) is 30.7 Å². The highest BCUT2D eigenvalue weighted by atomic mass is 35.5. The van der Waals surface area contributed by atoms with Gasteiger partial charge in [-0.05, 0) is 46.9 Å². The van der Waals surface area contributed by atoms with Crippen molar-refractivity contribution in [3.8, 4) is 11.1 Å². The van der Waals surface area contributed by atoms with Crippen molar-refractivity contribution in [1.82, 2.24) is 5.32 Å². The van der Waals surface area contributed by atoms with Gasteiger partial charge >= 0.3 is 0 Å². The highest BCUT2D eigenvalue weighted by Crippen LogP contribution is 2.37. The minimum absolute atomic E-state index is 0.0364. The van der Waals surface area contributed by atoms with Crippen LogP contribution in [0.15, 0.2) is 66.7 Å². The van der Waals surface area contributed by atoms with Crippen LogP contribution in [0.5, 0.6) is 0 Å². The number of benzene rings is 3. The molecule has 3 aromatic rings. The molecule has 1 heterocycles. The van der Waals surface area contributed by atoms with Gasteiger partial charge in [0.2, 0.25) is 0 Å². The number of hydrogen-bond donors (Lipinski definition) is 2. The highest BCUT2D eigenvalue weighted by Gasteiger charge is 2.27. The second-order valence-corrected chi connectivity index (χ2v) is 7.49. The normalized spacial score (nSPS) is 12.8. The number of anilines is 1. The molecule has 1 aliphatic heterocycles. The van der Waals surface area contributed by atoms with E-state index in [0.717, 1.165) is 17.7 Å². The lowest BCUT2D eigenvalue weighted by atomic mass is 9.98. The Kier molecular flexibility index (Phi) is 5.95. The van der Waals surface area contributed by atoms with Gasteiger partial charge in [-0.3, -0.25) is 4.79 Å². The first-order chi connectivity index (χ1) is 14.2. The average molecular weight is 407 g/mol. The predicted molar refractivity (Wildman–Crippen MR) is 118 cm³/mol. The van der Waals surface area contributed by atoms with Crippen molar-refractivity contribution in [2.45, 2.75) is 13.0 Å². The largest absolute Gasteiger partial charge is 0.395 e. The second kappa shape index (κ2) is 8.78. The first-order valence-electron chi connectivity index (χ1n) is 9.78. The number of rotatable bonds is 6. The summed E-state index contributed by atoms with van der Waals surface area (Å²) in [6, 6.07) is 21.9. The molecule has 0 radical (unpaired) electrons. The monoisotopic (exact) mass is 406 g/mol. The Labute approximate surface area is 175 Å². The number of hydrogen-bond acceptors (Lipinski definition) is 3. The standard InChI is InChI=1S/C24H23ClN2O2/c25-22-15-18(9-10-19(22)16-26-12-14-28)24(29)27-13-11-21-20(7-4-8-23(21)27)17-5-2-1-3-6-17/h1-10,15,26,28H,11-14,16H2. The number of halogens is 1. The van der Waals surface area contributed by atoms with Crippen LogP contribution < -0.4 is 10.2 Å². The van der Waals surface area contributed by atoms with Gasteiger partial charge in [-0.2, -0.15) is 0 Å². The Balaban J connectivity index is 1.59. The summed E-state index contributed by atoms with van der Waals surface area (Å²) in [6.45, 7) is 1.80. The summed E-state index contributed by atoms with van der Waals surface area (Å²) in [7, 11) is 0. The quantitative estimate of drug-likeness (QED) is 0.600. The molecule has 5 heteroatoms. The van der Waals surface area contributed by atoms with Crippen molar-refractivity contribution in [3.63, 3.8) is 0 Å². The first kappa shape index (κ1) is 19.6. The lowest BCUT2D eigenvalue weighted by molar-refractivity contribution is 0.0989. The Bertz CT molecular complexity index is 1020. The lowest BCUT2D eigenvalue weighted by Crippen LogP contribution is -2.29. The maximum atomic E-state index is 13.2. The van der Waals surface area contributed by atoms with Crippen LogP contribution in [0.4, 0.5) is 5.69 Å². The van der Waals surface area contributed by atoms with Crippen molar-refractivity contribution in [3.05, 3.63) is 88.4 Å². The number of carbonyl (C=O) groups excluding carboxylic acids is 1. The van der Waals surface area contributed by atoms with Crippen LogP contribution in [0, 0.1) is 0 Å². The van der Waals surface area contributed by atoms with E-state index in [-0.39, 0.29) is 12.5 Å². The van der Waals surface area contributed by atoms with E-state index in [1.165, 1.54) is 16.7 Å². The molecule has 29 heavy (non-hydrogen) atoms. The minimum Gasteiger partial charge on any atom is -0.395 e. The summed E-state index contributed by atoms with van der Waals surface area (Å²) in [4.78, 5) is 15.0. The molecule has 1 aliphatic rings. The molecular weight excluding hydrogens is 384 g/mol. The third kappa shape index (κ3) is 4.06. The van der Waals surface area contributed by atoms with Crippen LogP contribution in [0.3, 0.4) is 0 Å². The third-order valence-electron chi connectivity index (χ3n) is 5.26. The zero-order valence-electron chi connectivity index (χ0n) is 16.1. The summed E-state index contributed by atoms with van der Waals surface area (Å²) in [5.41, 5.74) is 6.02. The molecule has 4 rings (SSSR count). The minimum atomic E-state index is -0.0364.